The van der Waals surface area contributed by atoms with Crippen molar-refractivity contribution >= 4 is 6.09 Å². The summed E-state index contributed by atoms with van der Waals surface area (Å²) in [6.07, 6.45) is -0.247. The fourth-order valence-electron chi connectivity index (χ4n) is 2.43. The number of pyridine rings is 1. The van der Waals surface area contributed by atoms with Gasteiger partial charge in [0.2, 0.25) is 0 Å². The SMILES string of the molecule is CC.Cc1ccnc(F)c1OCC1CC(F)CN1C(=O)OC(C)(C)C. The smallest absolute Gasteiger partial charge is 0.410 e. The monoisotopic (exact) mass is 358 g/mol. The van der Waals surface area contributed by atoms with E-state index in [9.17, 15) is 13.6 Å². The molecule has 2 heterocycles. The van der Waals surface area contributed by atoms with E-state index in [4.69, 9.17) is 9.47 Å². The Labute approximate surface area is 148 Å². The van der Waals surface area contributed by atoms with Crippen LogP contribution in [0.1, 0.15) is 46.6 Å². The maximum atomic E-state index is 13.7. The summed E-state index contributed by atoms with van der Waals surface area (Å²) >= 11 is 0. The van der Waals surface area contributed by atoms with Crippen LogP contribution in [-0.2, 0) is 4.74 Å². The highest BCUT2D eigenvalue weighted by atomic mass is 19.1. The van der Waals surface area contributed by atoms with Gasteiger partial charge >= 0.3 is 6.09 Å². The van der Waals surface area contributed by atoms with Gasteiger partial charge in [0.25, 0.3) is 5.95 Å². The molecule has 7 heteroatoms. The summed E-state index contributed by atoms with van der Waals surface area (Å²) in [5.74, 6) is -0.692. The summed E-state index contributed by atoms with van der Waals surface area (Å²) in [5.41, 5.74) is -0.0701. The van der Waals surface area contributed by atoms with E-state index in [-0.39, 0.29) is 25.3 Å². The lowest BCUT2D eigenvalue weighted by molar-refractivity contribution is 0.0179. The average Bonchev–Trinajstić information content (AvgIpc) is 2.88. The van der Waals surface area contributed by atoms with Crippen molar-refractivity contribution in [2.75, 3.05) is 13.2 Å². The molecule has 1 saturated heterocycles. The van der Waals surface area contributed by atoms with E-state index < -0.39 is 29.9 Å². The summed E-state index contributed by atoms with van der Waals surface area (Å²) in [6.45, 7) is 10.9. The number of ether oxygens (including phenoxy) is 2. The zero-order chi connectivity index (χ0) is 19.2. The molecule has 1 aromatic heterocycles. The second-order valence-electron chi connectivity index (χ2n) is 6.68. The number of hydrogen-bond donors (Lipinski definition) is 0. The predicted molar refractivity (Wildman–Crippen MR) is 92.0 cm³/mol. The van der Waals surface area contributed by atoms with E-state index in [1.54, 1.807) is 33.8 Å². The highest BCUT2D eigenvalue weighted by Gasteiger charge is 2.38. The topological polar surface area (TPSA) is 51.7 Å². The van der Waals surface area contributed by atoms with Crippen LogP contribution in [0.15, 0.2) is 12.3 Å². The Balaban J connectivity index is 0.00000151. The first kappa shape index (κ1) is 21.1. The second kappa shape index (κ2) is 8.97. The van der Waals surface area contributed by atoms with Gasteiger partial charge < -0.3 is 9.47 Å². The minimum absolute atomic E-state index is 0.0108. The first-order valence-corrected chi connectivity index (χ1v) is 8.55. The van der Waals surface area contributed by atoms with E-state index in [0.29, 0.717) is 5.56 Å². The minimum atomic E-state index is -1.14. The first-order valence-electron chi connectivity index (χ1n) is 8.55. The van der Waals surface area contributed by atoms with Gasteiger partial charge in [-0.15, -0.1) is 0 Å². The third-order valence-corrected chi connectivity index (χ3v) is 3.47. The lowest BCUT2D eigenvalue weighted by Gasteiger charge is -2.28. The number of alkyl halides is 1. The van der Waals surface area contributed by atoms with Crippen LogP contribution in [-0.4, -0.2) is 46.9 Å². The van der Waals surface area contributed by atoms with Crippen LogP contribution in [0.3, 0.4) is 0 Å². The molecule has 0 aromatic carbocycles. The van der Waals surface area contributed by atoms with Crippen molar-refractivity contribution in [1.29, 1.82) is 0 Å². The molecule has 142 valence electrons. The highest BCUT2D eigenvalue weighted by molar-refractivity contribution is 5.69. The average molecular weight is 358 g/mol. The molecule has 1 aliphatic heterocycles. The third-order valence-electron chi connectivity index (χ3n) is 3.47. The number of halogens is 2. The minimum Gasteiger partial charge on any atom is -0.486 e. The molecule has 0 saturated carbocycles. The van der Waals surface area contributed by atoms with Crippen molar-refractivity contribution in [2.24, 2.45) is 0 Å². The Kier molecular flexibility index (Phi) is 7.58. The van der Waals surface area contributed by atoms with Crippen LogP contribution < -0.4 is 4.74 Å². The molecule has 0 aliphatic carbocycles. The van der Waals surface area contributed by atoms with Crippen molar-refractivity contribution in [1.82, 2.24) is 9.88 Å². The van der Waals surface area contributed by atoms with Crippen molar-refractivity contribution in [3.8, 4) is 5.75 Å². The Bertz CT molecular complexity index is 556. The molecule has 0 bridgehead atoms. The third kappa shape index (κ3) is 6.14. The summed E-state index contributed by atoms with van der Waals surface area (Å²) in [6, 6.07) is 1.12. The van der Waals surface area contributed by atoms with E-state index in [2.05, 4.69) is 4.98 Å². The number of likely N-dealkylation sites (tertiary alicyclic amines) is 1. The summed E-state index contributed by atoms with van der Waals surface area (Å²) in [5, 5.41) is 0. The standard InChI is InChI=1S/C16H22F2N2O3.C2H6/c1-10-5-6-19-14(18)13(10)22-9-12-7-11(17)8-20(12)15(21)23-16(2,3)4;1-2/h5-6,11-12H,7-9H2,1-4H3;1-2H3. The second-order valence-corrected chi connectivity index (χ2v) is 6.68. The Morgan fingerprint density at radius 2 is 2.04 bits per heavy atom. The fourth-order valence-corrected chi connectivity index (χ4v) is 2.43. The van der Waals surface area contributed by atoms with E-state index in [1.165, 1.54) is 11.1 Å². The molecule has 1 aliphatic rings. The van der Waals surface area contributed by atoms with Crippen molar-refractivity contribution in [3.05, 3.63) is 23.8 Å². The van der Waals surface area contributed by atoms with Crippen LogP contribution in [0.25, 0.3) is 0 Å². The molecule has 1 aromatic rings. The van der Waals surface area contributed by atoms with Gasteiger partial charge in [-0.3, -0.25) is 4.90 Å². The normalized spacial score (nSPS) is 19.9. The number of aryl methyl sites for hydroxylation is 1. The van der Waals surface area contributed by atoms with Gasteiger partial charge in [0.1, 0.15) is 18.4 Å². The van der Waals surface area contributed by atoms with Gasteiger partial charge in [-0.2, -0.15) is 4.39 Å². The lowest BCUT2D eigenvalue weighted by atomic mass is 10.2. The zero-order valence-electron chi connectivity index (χ0n) is 15.8. The zero-order valence-corrected chi connectivity index (χ0v) is 15.8. The largest absolute Gasteiger partial charge is 0.486 e. The number of carbonyl (C=O) groups is 1. The molecule has 2 atom stereocenters. The van der Waals surface area contributed by atoms with Gasteiger partial charge in [0.15, 0.2) is 5.75 Å². The van der Waals surface area contributed by atoms with Crippen molar-refractivity contribution in [2.45, 2.75) is 65.8 Å². The quantitative estimate of drug-likeness (QED) is 0.757. The van der Waals surface area contributed by atoms with Crippen LogP contribution >= 0.6 is 0 Å². The lowest BCUT2D eigenvalue weighted by Crippen LogP contribution is -2.42. The van der Waals surface area contributed by atoms with Crippen LogP contribution in [0, 0.1) is 12.9 Å². The number of nitrogens with zero attached hydrogens (tertiary/aromatic N) is 2. The van der Waals surface area contributed by atoms with Gasteiger partial charge in [-0.25, -0.2) is 14.2 Å². The number of carbonyl (C=O) groups excluding carboxylic acids is 1. The number of rotatable bonds is 3. The maximum absolute atomic E-state index is 13.7. The molecular formula is C18H28F2N2O3. The maximum Gasteiger partial charge on any atom is 0.410 e. The first-order chi connectivity index (χ1) is 11.7. The molecule has 0 N–H and O–H groups in total. The molecule has 0 spiro atoms. The molecule has 25 heavy (non-hydrogen) atoms. The van der Waals surface area contributed by atoms with Crippen molar-refractivity contribution in [3.63, 3.8) is 0 Å². The van der Waals surface area contributed by atoms with Gasteiger partial charge in [-0.1, -0.05) is 13.8 Å². The van der Waals surface area contributed by atoms with Crippen LogP contribution in [0.5, 0.6) is 5.75 Å². The molecule has 5 nitrogen and oxygen atoms in total. The molecule has 2 rings (SSSR count). The van der Waals surface area contributed by atoms with E-state index in [1.807, 2.05) is 13.8 Å². The predicted octanol–water partition coefficient (Wildman–Crippen LogP) is 4.28. The summed E-state index contributed by atoms with van der Waals surface area (Å²) < 4.78 is 38.1. The summed E-state index contributed by atoms with van der Waals surface area (Å²) in [4.78, 5) is 17.0. The fraction of sp³-hybridized carbons (Fsp3) is 0.667. The van der Waals surface area contributed by atoms with E-state index >= 15 is 0 Å². The summed E-state index contributed by atoms with van der Waals surface area (Å²) in [7, 11) is 0. The van der Waals surface area contributed by atoms with Gasteiger partial charge in [0.05, 0.1) is 12.6 Å². The van der Waals surface area contributed by atoms with Gasteiger partial charge in [0, 0.05) is 12.6 Å². The van der Waals surface area contributed by atoms with E-state index in [0.717, 1.165) is 0 Å². The van der Waals surface area contributed by atoms with Crippen LogP contribution in [0.4, 0.5) is 13.6 Å². The molecule has 2 unspecified atom stereocenters. The van der Waals surface area contributed by atoms with Gasteiger partial charge in [-0.05, 0) is 39.3 Å². The molecular weight excluding hydrogens is 330 g/mol. The number of hydrogen-bond acceptors (Lipinski definition) is 4. The van der Waals surface area contributed by atoms with Crippen molar-refractivity contribution < 1.29 is 23.0 Å². The molecule has 0 radical (unpaired) electrons. The molecule has 1 amide bonds. The highest BCUT2D eigenvalue weighted by Crippen LogP contribution is 2.26. The Morgan fingerprint density at radius 3 is 2.60 bits per heavy atom. The van der Waals surface area contributed by atoms with Crippen LogP contribution in [0.2, 0.25) is 0 Å². The molecule has 1 fully saturated rings. The Morgan fingerprint density at radius 1 is 1.40 bits per heavy atom. The number of aromatic nitrogens is 1. The Hall–Kier alpha value is -1.92. The number of amides is 1.